The van der Waals surface area contributed by atoms with E-state index in [0.717, 1.165) is 0 Å². The molecular weight excluding hydrogens is 794 g/mol. The molecule has 12 nitrogen and oxygen atoms in total. The third-order valence-corrected chi connectivity index (χ3v) is 12.3. The van der Waals surface area contributed by atoms with E-state index < -0.39 is 61.2 Å². The smallest absolute Gasteiger partial charge is 0.428 e. The SMILES string of the molecule is Cc1cc(S(OS(=O)(=O)C(F)(F)F)(c2cc(C)c(OC(=O)OC(C)(C)C)c(C)c2)c2cc(C)c(OC(=O)OC(C)(C)C)c(C)c2)cc(C)c1OC(=O)OC(C)(C)C. The van der Waals surface area contributed by atoms with Crippen LogP contribution in [-0.2, 0) is 28.0 Å². The number of hydrogen-bond acceptors (Lipinski definition) is 12. The van der Waals surface area contributed by atoms with Crippen molar-refractivity contribution in [1.82, 2.24) is 0 Å². The molecule has 0 aliphatic rings. The maximum Gasteiger partial charge on any atom is 0.524 e. The molecule has 0 aliphatic heterocycles. The van der Waals surface area contributed by atoms with Gasteiger partial charge in [-0.2, -0.15) is 25.2 Å². The molecule has 3 aromatic carbocycles. The average Bonchev–Trinajstić information content (AvgIpc) is 2.98. The van der Waals surface area contributed by atoms with Crippen LogP contribution in [0.1, 0.15) is 95.7 Å². The number of rotatable bonds is 8. The highest BCUT2D eigenvalue weighted by Crippen LogP contribution is 2.72. The van der Waals surface area contributed by atoms with Gasteiger partial charge in [0, 0.05) is 14.7 Å². The molecule has 0 fully saturated rings. The lowest BCUT2D eigenvalue weighted by Gasteiger charge is -2.41. The van der Waals surface area contributed by atoms with Crippen LogP contribution in [0.15, 0.2) is 51.1 Å². The Balaban J connectivity index is 2.52. The fraction of sp³-hybridized carbons (Fsp3) is 0.475. The zero-order chi connectivity index (χ0) is 43.9. The van der Waals surface area contributed by atoms with Gasteiger partial charge < -0.3 is 28.4 Å². The first-order valence-electron chi connectivity index (χ1n) is 17.6. The molecule has 0 saturated heterocycles. The van der Waals surface area contributed by atoms with Gasteiger partial charge in [0.2, 0.25) is 0 Å². The molecule has 0 aliphatic carbocycles. The van der Waals surface area contributed by atoms with Crippen molar-refractivity contribution in [1.29, 1.82) is 0 Å². The molecule has 0 amide bonds. The lowest BCUT2D eigenvalue weighted by atomic mass is 10.1. The van der Waals surface area contributed by atoms with Gasteiger partial charge in [0.25, 0.3) is 0 Å². The Kier molecular flexibility index (Phi) is 13.5. The first-order valence-corrected chi connectivity index (χ1v) is 20.5. The molecule has 0 heterocycles. The molecule has 57 heavy (non-hydrogen) atoms. The molecule has 0 atom stereocenters. The van der Waals surface area contributed by atoms with Gasteiger partial charge in [-0.1, -0.05) is 0 Å². The minimum absolute atomic E-state index is 0.0157. The maximum absolute atomic E-state index is 14.5. The number of aryl methyl sites for hydroxylation is 6. The Labute approximate surface area is 333 Å². The van der Waals surface area contributed by atoms with Crippen molar-refractivity contribution in [2.24, 2.45) is 0 Å². The molecule has 316 valence electrons. The van der Waals surface area contributed by atoms with Gasteiger partial charge in [-0.15, -0.1) is 0 Å². The minimum atomic E-state index is -6.40. The third-order valence-electron chi connectivity index (χ3n) is 7.50. The molecule has 0 radical (unpaired) electrons. The molecule has 0 unspecified atom stereocenters. The van der Waals surface area contributed by atoms with E-state index in [1.54, 1.807) is 62.3 Å². The summed E-state index contributed by atoms with van der Waals surface area (Å²) in [5.74, 6) is 0.0470. The van der Waals surface area contributed by atoms with Crippen LogP contribution >= 0.6 is 10.3 Å². The van der Waals surface area contributed by atoms with Crippen molar-refractivity contribution >= 4 is 38.9 Å². The summed E-state index contributed by atoms with van der Waals surface area (Å²) in [5.41, 5.74) is -7.31. The predicted molar refractivity (Wildman–Crippen MR) is 207 cm³/mol. The zero-order valence-corrected chi connectivity index (χ0v) is 36.4. The number of carbonyl (C=O) groups excluding carboxylic acids is 3. The summed E-state index contributed by atoms with van der Waals surface area (Å²) < 4.78 is 108. The number of benzene rings is 3. The third kappa shape index (κ3) is 11.8. The molecule has 0 bridgehead atoms. The zero-order valence-electron chi connectivity index (χ0n) is 34.8. The summed E-state index contributed by atoms with van der Waals surface area (Å²) in [6.07, 6.45) is -3.14. The lowest BCUT2D eigenvalue weighted by molar-refractivity contribution is -0.0496. The van der Waals surface area contributed by atoms with Gasteiger partial charge >= 0.3 is 34.1 Å². The molecular formula is C40H51F3O12S2. The van der Waals surface area contributed by atoms with E-state index in [9.17, 15) is 36.0 Å². The Bertz CT molecular complexity index is 1880. The normalized spacial score (nSPS) is 13.1. The second-order valence-corrected chi connectivity index (χ2v) is 20.8. The van der Waals surface area contributed by atoms with Crippen molar-refractivity contribution in [3.63, 3.8) is 0 Å². The van der Waals surface area contributed by atoms with Crippen LogP contribution < -0.4 is 14.2 Å². The Hall–Kier alpha value is -4.48. The van der Waals surface area contributed by atoms with E-state index in [-0.39, 0.29) is 65.3 Å². The molecule has 3 aromatic rings. The number of ether oxygens (including phenoxy) is 6. The molecule has 0 saturated carbocycles. The fourth-order valence-corrected chi connectivity index (χ4v) is 10.7. The molecule has 3 rings (SSSR count). The number of hydrogen-bond donors (Lipinski definition) is 0. The Morgan fingerprint density at radius 1 is 0.456 bits per heavy atom. The summed E-state index contributed by atoms with van der Waals surface area (Å²) in [7, 11) is -10.5. The highest BCUT2D eigenvalue weighted by Gasteiger charge is 2.53. The van der Waals surface area contributed by atoms with E-state index in [1.807, 2.05) is 0 Å². The van der Waals surface area contributed by atoms with Gasteiger partial charge in [-0.3, -0.25) is 0 Å². The van der Waals surface area contributed by atoms with Crippen LogP contribution in [0.2, 0.25) is 0 Å². The first kappa shape index (κ1) is 46.9. The van der Waals surface area contributed by atoms with Crippen molar-refractivity contribution in [2.75, 3.05) is 0 Å². The van der Waals surface area contributed by atoms with E-state index >= 15 is 0 Å². The summed E-state index contributed by atoms with van der Waals surface area (Å²) in [5, 5.41) is 0. The fourth-order valence-electron chi connectivity index (χ4n) is 5.47. The number of carbonyl (C=O) groups is 3. The second-order valence-electron chi connectivity index (χ2n) is 16.4. The summed E-state index contributed by atoms with van der Waals surface area (Å²) in [6.45, 7) is 23.8. The van der Waals surface area contributed by atoms with Gasteiger partial charge in [0.15, 0.2) is 0 Å². The van der Waals surface area contributed by atoms with Crippen LogP contribution in [0, 0.1) is 41.5 Å². The lowest BCUT2D eigenvalue weighted by Crippen LogP contribution is -2.28. The summed E-state index contributed by atoms with van der Waals surface area (Å²) in [6, 6.07) is 8.16. The van der Waals surface area contributed by atoms with E-state index in [1.165, 1.54) is 77.9 Å². The van der Waals surface area contributed by atoms with Crippen LogP contribution in [0.4, 0.5) is 27.6 Å². The maximum atomic E-state index is 14.5. The molecule has 0 spiro atoms. The Morgan fingerprint density at radius 3 is 0.842 bits per heavy atom. The van der Waals surface area contributed by atoms with Crippen molar-refractivity contribution in [2.45, 2.75) is 141 Å². The summed E-state index contributed by atoms with van der Waals surface area (Å²) >= 11 is 0. The van der Waals surface area contributed by atoms with Gasteiger partial charge in [-0.25, -0.2) is 14.4 Å². The number of halogens is 3. The number of alkyl halides is 3. The average molecular weight is 845 g/mol. The van der Waals surface area contributed by atoms with Crippen LogP contribution in [-0.4, -0.2) is 49.2 Å². The van der Waals surface area contributed by atoms with Crippen LogP contribution in [0.25, 0.3) is 0 Å². The van der Waals surface area contributed by atoms with Gasteiger partial charge in [0.05, 0.1) is 0 Å². The minimum Gasteiger partial charge on any atom is -0.428 e. The van der Waals surface area contributed by atoms with Crippen molar-refractivity contribution in [3.05, 3.63) is 69.8 Å². The van der Waals surface area contributed by atoms with E-state index in [2.05, 4.69) is 0 Å². The van der Waals surface area contributed by atoms with Crippen molar-refractivity contribution in [3.8, 4) is 17.2 Å². The largest absolute Gasteiger partial charge is 0.524 e. The Morgan fingerprint density at radius 2 is 0.667 bits per heavy atom. The highest BCUT2D eigenvalue weighted by molar-refractivity contribution is 8.33. The molecule has 17 heteroatoms. The van der Waals surface area contributed by atoms with E-state index in [0.29, 0.717) is 0 Å². The monoisotopic (exact) mass is 844 g/mol. The topological polar surface area (TPSA) is 150 Å². The molecule has 0 N–H and O–H groups in total. The first-order chi connectivity index (χ1) is 25.7. The standard InChI is InChI=1S/C40H51F3O12S2/c1-22-16-28(17-23(2)31(22)49-34(44)52-37(7,8)9)56(55-57(47,48)40(41,42)43,29-18-24(3)32(25(4)19-29)50-35(45)53-38(10,11)12)30-20-26(5)33(27(6)21-30)51-36(46)54-39(13,14)15/h16-21H,1-15H3. The second kappa shape index (κ2) is 16.4. The van der Waals surface area contributed by atoms with E-state index in [4.69, 9.17) is 32.1 Å². The van der Waals surface area contributed by atoms with Crippen LogP contribution in [0.3, 0.4) is 0 Å². The van der Waals surface area contributed by atoms with Gasteiger partial charge in [0.1, 0.15) is 34.1 Å². The quantitative estimate of drug-likeness (QED) is 0.0918. The summed E-state index contributed by atoms with van der Waals surface area (Å²) in [4.78, 5) is 38.0. The van der Waals surface area contributed by atoms with Crippen molar-refractivity contribution < 1.29 is 68.0 Å². The van der Waals surface area contributed by atoms with Crippen LogP contribution in [0.5, 0.6) is 17.2 Å². The molecule has 0 aromatic heterocycles. The predicted octanol–water partition coefficient (Wildman–Crippen LogP) is 11.5. The highest BCUT2D eigenvalue weighted by atomic mass is 32.3. The van der Waals surface area contributed by atoms with Gasteiger partial charge in [-0.05, 0) is 184 Å².